The lowest BCUT2D eigenvalue weighted by Crippen LogP contribution is -2.52. The lowest BCUT2D eigenvalue weighted by atomic mass is 9.80. The summed E-state index contributed by atoms with van der Waals surface area (Å²) in [5.74, 6) is -0.386. The van der Waals surface area contributed by atoms with E-state index in [9.17, 15) is 19.5 Å². The minimum absolute atomic E-state index is 0.0247. The molecule has 0 radical (unpaired) electrons. The predicted molar refractivity (Wildman–Crippen MR) is 98.9 cm³/mol. The van der Waals surface area contributed by atoms with Crippen LogP contribution in [0.5, 0.6) is 5.75 Å². The number of ether oxygens (including phenoxy) is 2. The Morgan fingerprint density at radius 2 is 1.85 bits per heavy atom. The number of hydrogen-bond acceptors (Lipinski definition) is 5. The van der Waals surface area contributed by atoms with Gasteiger partial charge in [-0.15, -0.1) is 0 Å². The van der Waals surface area contributed by atoms with E-state index in [1.807, 2.05) is 0 Å². The number of nitrogens with zero attached hydrogens (tertiary/aromatic N) is 1. The number of carboxylic acid groups (broad SMARTS) is 1. The van der Waals surface area contributed by atoms with Gasteiger partial charge >= 0.3 is 5.97 Å². The van der Waals surface area contributed by atoms with Crippen LogP contribution in [0.25, 0.3) is 0 Å². The van der Waals surface area contributed by atoms with Crippen LogP contribution in [0.3, 0.4) is 0 Å². The van der Waals surface area contributed by atoms with Gasteiger partial charge in [-0.3, -0.25) is 14.4 Å². The van der Waals surface area contributed by atoms with E-state index in [0.717, 1.165) is 0 Å². The van der Waals surface area contributed by atoms with Gasteiger partial charge < -0.3 is 19.5 Å². The average molecular weight is 377 g/mol. The maximum Gasteiger partial charge on any atom is 0.313 e. The summed E-state index contributed by atoms with van der Waals surface area (Å²) < 4.78 is 10.1. The van der Waals surface area contributed by atoms with Gasteiger partial charge in [-0.05, 0) is 43.5 Å². The maximum atomic E-state index is 12.5. The van der Waals surface area contributed by atoms with Gasteiger partial charge in [-0.1, -0.05) is 0 Å². The second-order valence-electron chi connectivity index (χ2n) is 6.94. The van der Waals surface area contributed by atoms with Crippen LogP contribution in [-0.4, -0.2) is 61.6 Å². The molecule has 0 aromatic heterocycles. The highest BCUT2D eigenvalue weighted by atomic mass is 16.5. The quantitative estimate of drug-likeness (QED) is 0.664. The largest absolute Gasteiger partial charge is 0.497 e. The van der Waals surface area contributed by atoms with Crippen LogP contribution in [0, 0.1) is 5.41 Å². The molecule has 1 aromatic rings. The molecule has 7 nitrogen and oxygen atoms in total. The van der Waals surface area contributed by atoms with Crippen molar-refractivity contribution in [3.8, 4) is 5.75 Å². The molecule has 0 bridgehead atoms. The van der Waals surface area contributed by atoms with Gasteiger partial charge in [0, 0.05) is 38.6 Å². The number of piperidine rings is 1. The number of carbonyl (C=O) groups excluding carboxylic acids is 2. The molecular weight excluding hydrogens is 350 g/mol. The summed E-state index contributed by atoms with van der Waals surface area (Å²) in [5, 5.41) is 9.56. The molecule has 1 aromatic carbocycles. The number of carboxylic acids is 1. The zero-order chi connectivity index (χ0) is 19.9. The standard InChI is InChI=1S/C20H27NO6/c1-26-14-20(19(24)25)11-4-12-21(13-20)18(23)6-3-5-17(22)15-7-9-16(27-2)10-8-15/h7-10H,3-6,11-14H2,1-2H3,(H,24,25). The topological polar surface area (TPSA) is 93.1 Å². The number of ketones is 1. The summed E-state index contributed by atoms with van der Waals surface area (Å²) in [6.07, 6.45) is 2.06. The molecule has 1 saturated heterocycles. The average Bonchev–Trinajstić information content (AvgIpc) is 2.68. The molecule has 27 heavy (non-hydrogen) atoms. The normalized spacial score (nSPS) is 19.6. The Balaban J connectivity index is 1.85. The van der Waals surface area contributed by atoms with Crippen LogP contribution in [0.15, 0.2) is 24.3 Å². The first-order chi connectivity index (χ1) is 12.9. The Bertz CT molecular complexity index is 668. The van der Waals surface area contributed by atoms with Gasteiger partial charge in [0.2, 0.25) is 5.91 Å². The minimum atomic E-state index is -1.04. The second-order valence-corrected chi connectivity index (χ2v) is 6.94. The molecule has 1 aliphatic heterocycles. The Morgan fingerprint density at radius 1 is 1.15 bits per heavy atom. The molecule has 0 aliphatic carbocycles. The number of hydrogen-bond donors (Lipinski definition) is 1. The van der Waals surface area contributed by atoms with Crippen molar-refractivity contribution in [1.29, 1.82) is 0 Å². The minimum Gasteiger partial charge on any atom is -0.497 e. The summed E-state index contributed by atoms with van der Waals surface area (Å²) in [7, 11) is 3.03. The summed E-state index contributed by atoms with van der Waals surface area (Å²) in [6, 6.07) is 6.87. The third kappa shape index (κ3) is 5.29. The number of benzene rings is 1. The highest BCUT2D eigenvalue weighted by Crippen LogP contribution is 2.31. The molecule has 1 atom stereocenters. The van der Waals surface area contributed by atoms with Crippen LogP contribution in [-0.2, 0) is 14.3 Å². The Kier molecular flexibility index (Phi) is 7.36. The molecule has 1 unspecified atom stereocenters. The zero-order valence-electron chi connectivity index (χ0n) is 15.9. The third-order valence-electron chi connectivity index (χ3n) is 5.01. The van der Waals surface area contributed by atoms with Crippen molar-refractivity contribution in [1.82, 2.24) is 4.90 Å². The first-order valence-electron chi connectivity index (χ1n) is 9.09. The molecule has 1 aliphatic rings. The maximum absolute atomic E-state index is 12.5. The predicted octanol–water partition coefficient (Wildman–Crippen LogP) is 2.39. The van der Waals surface area contributed by atoms with Gasteiger partial charge in [-0.2, -0.15) is 0 Å². The summed E-state index contributed by atoms with van der Waals surface area (Å²) >= 11 is 0. The molecular formula is C20H27NO6. The molecule has 1 N–H and O–H groups in total. The van der Waals surface area contributed by atoms with Gasteiger partial charge in [-0.25, -0.2) is 0 Å². The van der Waals surface area contributed by atoms with E-state index in [1.165, 1.54) is 7.11 Å². The number of Topliss-reactive ketones (excluding diaryl/α,β-unsaturated/α-hetero) is 1. The van der Waals surface area contributed by atoms with Crippen LogP contribution >= 0.6 is 0 Å². The summed E-state index contributed by atoms with van der Waals surface area (Å²) in [4.78, 5) is 38.0. The van der Waals surface area contributed by atoms with E-state index < -0.39 is 11.4 Å². The number of likely N-dealkylation sites (tertiary alicyclic amines) is 1. The fourth-order valence-electron chi connectivity index (χ4n) is 3.45. The molecule has 1 fully saturated rings. The molecule has 7 heteroatoms. The summed E-state index contributed by atoms with van der Waals surface area (Å²) in [5.41, 5.74) is -0.451. The van der Waals surface area contributed by atoms with Gasteiger partial charge in [0.25, 0.3) is 0 Å². The number of aliphatic carboxylic acids is 1. The number of methoxy groups -OCH3 is 2. The third-order valence-corrected chi connectivity index (χ3v) is 5.01. The highest BCUT2D eigenvalue weighted by Gasteiger charge is 2.43. The number of amides is 1. The highest BCUT2D eigenvalue weighted by molar-refractivity contribution is 5.96. The smallest absolute Gasteiger partial charge is 0.313 e. The van der Waals surface area contributed by atoms with E-state index >= 15 is 0 Å². The first-order valence-corrected chi connectivity index (χ1v) is 9.09. The van der Waals surface area contributed by atoms with Crippen molar-refractivity contribution in [3.05, 3.63) is 29.8 Å². The van der Waals surface area contributed by atoms with E-state index in [2.05, 4.69) is 0 Å². The number of rotatable bonds is 9. The lowest BCUT2D eigenvalue weighted by molar-refractivity contribution is -0.159. The van der Waals surface area contributed by atoms with E-state index in [1.54, 1.807) is 36.3 Å². The summed E-state index contributed by atoms with van der Waals surface area (Å²) in [6.45, 7) is 0.785. The molecule has 1 heterocycles. The first kappa shape index (κ1) is 20.9. The SMILES string of the molecule is COCC1(C(=O)O)CCCN(C(=O)CCCC(=O)c2ccc(OC)cc2)C1. The van der Waals surface area contributed by atoms with Crippen LogP contribution in [0.1, 0.15) is 42.5 Å². The number of carbonyl (C=O) groups is 3. The van der Waals surface area contributed by atoms with Crippen molar-refractivity contribution < 1.29 is 29.0 Å². The Hall–Kier alpha value is -2.41. The monoisotopic (exact) mass is 377 g/mol. The molecule has 2 rings (SSSR count). The van der Waals surface area contributed by atoms with Crippen LogP contribution in [0.2, 0.25) is 0 Å². The Labute approximate surface area is 159 Å². The van der Waals surface area contributed by atoms with Gasteiger partial charge in [0.05, 0.1) is 13.7 Å². The van der Waals surface area contributed by atoms with Crippen molar-refractivity contribution in [2.24, 2.45) is 5.41 Å². The van der Waals surface area contributed by atoms with Crippen molar-refractivity contribution in [3.63, 3.8) is 0 Å². The van der Waals surface area contributed by atoms with Crippen molar-refractivity contribution >= 4 is 17.7 Å². The fraction of sp³-hybridized carbons (Fsp3) is 0.550. The molecule has 148 valence electrons. The zero-order valence-corrected chi connectivity index (χ0v) is 15.9. The molecule has 1 amide bonds. The lowest BCUT2D eigenvalue weighted by Gasteiger charge is -2.39. The van der Waals surface area contributed by atoms with Crippen molar-refractivity contribution in [2.75, 3.05) is 33.9 Å². The fourth-order valence-corrected chi connectivity index (χ4v) is 3.45. The van der Waals surface area contributed by atoms with Crippen molar-refractivity contribution in [2.45, 2.75) is 32.1 Å². The van der Waals surface area contributed by atoms with Gasteiger partial charge in [0.15, 0.2) is 5.78 Å². The Morgan fingerprint density at radius 3 is 2.44 bits per heavy atom. The van der Waals surface area contributed by atoms with E-state index in [-0.39, 0.29) is 37.7 Å². The van der Waals surface area contributed by atoms with E-state index in [0.29, 0.717) is 37.1 Å². The molecule has 0 spiro atoms. The van der Waals surface area contributed by atoms with E-state index in [4.69, 9.17) is 9.47 Å². The second kappa shape index (κ2) is 9.50. The molecule has 0 saturated carbocycles. The van der Waals surface area contributed by atoms with Gasteiger partial charge in [0.1, 0.15) is 11.2 Å². The van der Waals surface area contributed by atoms with Crippen LogP contribution in [0.4, 0.5) is 0 Å². The van der Waals surface area contributed by atoms with Crippen LogP contribution < -0.4 is 4.74 Å².